The van der Waals surface area contributed by atoms with Gasteiger partial charge in [-0.25, -0.2) is 0 Å². The van der Waals surface area contributed by atoms with Gasteiger partial charge in [0, 0.05) is 0 Å². The van der Waals surface area contributed by atoms with Crippen LogP contribution in [-0.2, 0) is 26.7 Å². The Labute approximate surface area is 91.0 Å². The van der Waals surface area contributed by atoms with Crippen LogP contribution in [0.15, 0.2) is 30.3 Å². The second-order valence-corrected chi connectivity index (χ2v) is 44.0. The van der Waals surface area contributed by atoms with E-state index in [1.165, 1.54) is 0 Å². The molecule has 0 atom stereocenters. The average molecular weight is 393 g/mol. The van der Waals surface area contributed by atoms with Crippen LogP contribution in [0.3, 0.4) is 0 Å². The molecule has 0 unspecified atom stereocenters. The Morgan fingerprint density at radius 1 is 0.812 bits per heavy atom. The predicted molar refractivity (Wildman–Crippen MR) is 63.9 cm³/mol. The molecular formula is C12H17O3W. The fourth-order valence-corrected chi connectivity index (χ4v) is 8.18. The molecule has 0 saturated heterocycles. The van der Waals surface area contributed by atoms with Crippen molar-refractivity contribution in [2.24, 2.45) is 0 Å². The molecule has 4 heteroatoms. The van der Waals surface area contributed by atoms with E-state index in [4.69, 9.17) is 0 Å². The maximum absolute atomic E-state index is 11.7. The summed E-state index contributed by atoms with van der Waals surface area (Å²) < 4.78 is 2.35. The van der Waals surface area contributed by atoms with Gasteiger partial charge in [0.1, 0.15) is 0 Å². The molecule has 89 valence electrons. The van der Waals surface area contributed by atoms with E-state index in [9.17, 15) is 14.4 Å². The van der Waals surface area contributed by atoms with Crippen LogP contribution in [-0.4, -0.2) is 14.0 Å². The Hall–Kier alpha value is -1.08. The first kappa shape index (κ1) is 13.0. The van der Waals surface area contributed by atoms with E-state index >= 15 is 0 Å². The van der Waals surface area contributed by atoms with Crippen LogP contribution in [0.4, 0.5) is 0 Å². The minimum atomic E-state index is -5.70. The van der Waals surface area contributed by atoms with Gasteiger partial charge >= 0.3 is 90.9 Å². The van der Waals surface area contributed by atoms with Gasteiger partial charge in [-0.3, -0.25) is 0 Å². The molecule has 3 nitrogen and oxygen atoms in total. The Bertz CT molecular complexity index is 467. The van der Waals surface area contributed by atoms with Crippen molar-refractivity contribution in [2.45, 2.75) is 15.9 Å². The predicted octanol–water partition coefficient (Wildman–Crippen LogP) is 1.79. The molecule has 0 aliphatic carbocycles. The number of carbonyl (C=O) groups is 3. The topological polar surface area (TPSA) is 51.2 Å². The van der Waals surface area contributed by atoms with Crippen LogP contribution >= 0.6 is 0 Å². The molecule has 0 N–H and O–H groups in total. The summed E-state index contributed by atoms with van der Waals surface area (Å²) in [5.74, 6) is 0. The molecule has 0 spiro atoms. The number of hydrogen-bond acceptors (Lipinski definition) is 3. The van der Waals surface area contributed by atoms with E-state index in [1.807, 2.05) is 0 Å². The number of hydrogen-bond donors (Lipinski definition) is 0. The zero-order valence-corrected chi connectivity index (χ0v) is 12.7. The van der Waals surface area contributed by atoms with Gasteiger partial charge in [0.05, 0.1) is 0 Å². The Kier molecular flexibility index (Phi) is 1.97. The molecule has 0 aliphatic rings. The average Bonchev–Trinajstić information content (AvgIpc) is 2.32. The van der Waals surface area contributed by atoms with Crippen LogP contribution < -0.4 is 3.95 Å². The Balaban J connectivity index is 4.01. The number of carbonyl (C=O) groups excluding carboxylic acids is 3. The molecule has 1 aromatic carbocycles. The van der Waals surface area contributed by atoms with Gasteiger partial charge in [-0.15, -0.1) is 0 Å². The van der Waals surface area contributed by atoms with E-state index in [2.05, 4.69) is 0 Å². The summed E-state index contributed by atoms with van der Waals surface area (Å²) in [5, 5.41) is 4.62. The monoisotopic (exact) mass is 393 g/mol. The van der Waals surface area contributed by atoms with Gasteiger partial charge in [0.25, 0.3) is 0 Å². The maximum atomic E-state index is 11.7. The van der Waals surface area contributed by atoms with Gasteiger partial charge in [-0.1, -0.05) is 0 Å². The summed E-state index contributed by atoms with van der Waals surface area (Å²) in [6.07, 6.45) is 0. The van der Waals surface area contributed by atoms with Crippen molar-refractivity contribution in [3.8, 4) is 0 Å². The van der Waals surface area contributed by atoms with E-state index in [0.29, 0.717) is 18.0 Å². The van der Waals surface area contributed by atoms with Gasteiger partial charge in [0.15, 0.2) is 0 Å². The first-order valence-corrected chi connectivity index (χ1v) is 20.1. The zero-order valence-electron chi connectivity index (χ0n) is 9.75. The SMILES string of the molecule is [CH3][W]([CH3])([CH3])([CH]=O)([CH]=O)([CH]=O)[c]1ccccc1. The second kappa shape index (κ2) is 2.43. The molecular weight excluding hydrogens is 376 g/mol. The molecule has 0 bridgehead atoms. The number of benzene rings is 1. The van der Waals surface area contributed by atoms with Crippen molar-refractivity contribution in [3.63, 3.8) is 0 Å². The molecule has 1 rings (SSSR count). The molecule has 16 heavy (non-hydrogen) atoms. The van der Waals surface area contributed by atoms with Crippen LogP contribution in [0.2, 0.25) is 15.9 Å². The van der Waals surface area contributed by atoms with Crippen molar-refractivity contribution in [3.05, 3.63) is 30.3 Å². The summed E-state index contributed by atoms with van der Waals surface area (Å²) in [5.41, 5.74) is 0. The molecule has 0 fully saturated rings. The zero-order chi connectivity index (χ0) is 12.6. The molecule has 1 aromatic rings. The molecule has 0 amide bonds. The first-order chi connectivity index (χ1) is 7.09. The normalized spacial score (nSPS) is 18.3. The summed E-state index contributed by atoms with van der Waals surface area (Å²) >= 11 is -5.70. The third-order valence-electron chi connectivity index (χ3n) is 3.20. The Morgan fingerprint density at radius 2 is 1.19 bits per heavy atom. The fraction of sp³-hybridized carbons (Fsp3) is 0.250. The van der Waals surface area contributed by atoms with E-state index in [0.717, 1.165) is 0 Å². The van der Waals surface area contributed by atoms with Gasteiger partial charge in [0.2, 0.25) is 0 Å². The van der Waals surface area contributed by atoms with E-state index in [-0.39, 0.29) is 0 Å². The van der Waals surface area contributed by atoms with Crippen LogP contribution in [0, 0.1) is 0 Å². The molecule has 0 heterocycles. The van der Waals surface area contributed by atoms with Crippen molar-refractivity contribution in [2.75, 3.05) is 0 Å². The quantitative estimate of drug-likeness (QED) is 0.734. The van der Waals surface area contributed by atoms with E-state index in [1.54, 1.807) is 46.3 Å². The summed E-state index contributed by atoms with van der Waals surface area (Å²) in [6, 6.07) is 8.60. The minimum absolute atomic E-state index is 0.540. The van der Waals surface area contributed by atoms with Gasteiger partial charge < -0.3 is 0 Å². The summed E-state index contributed by atoms with van der Waals surface area (Å²) in [4.78, 5) is 35.0. The van der Waals surface area contributed by atoms with Crippen molar-refractivity contribution < 1.29 is 26.7 Å². The fourth-order valence-electron chi connectivity index (χ4n) is 1.30. The summed E-state index contributed by atoms with van der Waals surface area (Å²) in [6.45, 7) is 0. The third-order valence-corrected chi connectivity index (χ3v) is 21.8. The van der Waals surface area contributed by atoms with Crippen LogP contribution in [0.5, 0.6) is 0 Å². The summed E-state index contributed by atoms with van der Waals surface area (Å²) in [7, 11) is 0. The molecule has 0 radical (unpaired) electrons. The van der Waals surface area contributed by atoms with Crippen LogP contribution in [0.1, 0.15) is 0 Å². The van der Waals surface area contributed by atoms with Crippen molar-refractivity contribution >= 4 is 18.0 Å². The van der Waals surface area contributed by atoms with Crippen molar-refractivity contribution in [1.82, 2.24) is 0 Å². The van der Waals surface area contributed by atoms with Crippen LogP contribution in [0.25, 0.3) is 0 Å². The molecule has 0 saturated carbocycles. The van der Waals surface area contributed by atoms with Gasteiger partial charge in [-0.05, 0) is 0 Å². The first-order valence-electron chi connectivity index (χ1n) is 4.75. The molecule has 0 aliphatic heterocycles. The van der Waals surface area contributed by atoms with Gasteiger partial charge in [-0.2, -0.15) is 0 Å². The number of rotatable bonds is 4. The Morgan fingerprint density at radius 3 is 1.50 bits per heavy atom. The van der Waals surface area contributed by atoms with E-state index < -0.39 is 12.3 Å². The second-order valence-electron chi connectivity index (χ2n) is 6.32. The van der Waals surface area contributed by atoms with Crippen molar-refractivity contribution in [1.29, 1.82) is 0 Å². The third kappa shape index (κ3) is 1.35. The standard InChI is InChI=1S/C6H5.3CHO.3CH3.W/c1-2-4-6-5-3-1;3*1-2;;;;/h1-5H;3*1H;3*1H3;. The molecule has 0 aromatic heterocycles.